The van der Waals surface area contributed by atoms with Crippen LogP contribution in [0.3, 0.4) is 0 Å². The number of rotatable bonds is 7. The van der Waals surface area contributed by atoms with Gasteiger partial charge in [-0.3, -0.25) is 0 Å². The number of benzene rings is 8. The van der Waals surface area contributed by atoms with Gasteiger partial charge in [0, 0.05) is 38.9 Å². The molecule has 0 bridgehead atoms. The SMILES string of the molecule is C=C(c1cccc(-c2cccc3c2-c2ccc(-c4ccc5c(c4)c4ccccc4n5-c4ccccc4)cc2C3(C)C)c1)N(c1ccccc1)c1ccccc1C. The zero-order chi connectivity index (χ0) is 38.0. The highest BCUT2D eigenvalue weighted by molar-refractivity contribution is 6.10. The number of hydrogen-bond donors (Lipinski definition) is 0. The van der Waals surface area contributed by atoms with Gasteiger partial charge in [0.1, 0.15) is 0 Å². The number of para-hydroxylation sites is 4. The summed E-state index contributed by atoms with van der Waals surface area (Å²) in [5.74, 6) is 0. The van der Waals surface area contributed by atoms with Crippen molar-refractivity contribution in [3.8, 4) is 39.1 Å². The zero-order valence-corrected chi connectivity index (χ0v) is 32.0. The maximum absolute atomic E-state index is 4.70. The summed E-state index contributed by atoms with van der Waals surface area (Å²) in [6.45, 7) is 11.6. The molecule has 0 fully saturated rings. The maximum atomic E-state index is 4.70. The summed E-state index contributed by atoms with van der Waals surface area (Å²) in [6.07, 6.45) is 0. The first-order valence-electron chi connectivity index (χ1n) is 19.5. The lowest BCUT2D eigenvalue weighted by molar-refractivity contribution is 0.660. The molecule has 268 valence electrons. The molecule has 1 heterocycles. The lowest BCUT2D eigenvalue weighted by Crippen LogP contribution is -2.15. The summed E-state index contributed by atoms with van der Waals surface area (Å²) in [7, 11) is 0. The van der Waals surface area contributed by atoms with Crippen LogP contribution < -0.4 is 4.90 Å². The van der Waals surface area contributed by atoms with Crippen LogP contribution in [-0.4, -0.2) is 4.57 Å². The van der Waals surface area contributed by atoms with E-state index in [1.54, 1.807) is 0 Å². The Morgan fingerprint density at radius 3 is 2.02 bits per heavy atom. The average molecular weight is 719 g/mol. The third-order valence-electron chi connectivity index (χ3n) is 11.9. The molecule has 0 radical (unpaired) electrons. The molecule has 56 heavy (non-hydrogen) atoms. The largest absolute Gasteiger partial charge is 0.310 e. The Bertz CT molecular complexity index is 2970. The summed E-state index contributed by atoms with van der Waals surface area (Å²) in [5.41, 5.74) is 19.1. The third-order valence-corrected chi connectivity index (χ3v) is 11.9. The molecule has 8 aromatic carbocycles. The van der Waals surface area contributed by atoms with Gasteiger partial charge in [-0.25, -0.2) is 0 Å². The van der Waals surface area contributed by atoms with E-state index >= 15 is 0 Å². The summed E-state index contributed by atoms with van der Waals surface area (Å²) < 4.78 is 2.38. The normalized spacial score (nSPS) is 12.8. The van der Waals surface area contributed by atoms with Crippen LogP contribution in [0.5, 0.6) is 0 Å². The second-order valence-electron chi connectivity index (χ2n) is 15.5. The van der Waals surface area contributed by atoms with Gasteiger partial charge in [0.25, 0.3) is 0 Å². The lowest BCUT2D eigenvalue weighted by Gasteiger charge is -2.29. The molecule has 0 unspecified atom stereocenters. The van der Waals surface area contributed by atoms with E-state index in [9.17, 15) is 0 Å². The fraction of sp³-hybridized carbons (Fsp3) is 0.0741. The van der Waals surface area contributed by atoms with Crippen LogP contribution in [0.25, 0.3) is 66.6 Å². The standard InChI is InChI=1S/C54H42N2/c1-36-17-11-13-27-50(36)55(42-20-7-5-8-21-42)37(2)38-18-15-19-41(33-38)44-25-16-26-48-53(44)46-31-29-40(35-49(46)54(48,3)4)39-30-32-52-47(34-39)45-24-12-14-28-51(45)56(52)43-22-9-6-10-23-43/h5-35H,2H2,1,3-4H3. The van der Waals surface area contributed by atoms with Crippen molar-refractivity contribution in [2.45, 2.75) is 26.2 Å². The number of nitrogens with zero attached hydrogens (tertiary/aromatic N) is 2. The van der Waals surface area contributed by atoms with E-state index in [1.165, 1.54) is 77.6 Å². The Labute approximate surface area is 329 Å². The quantitative estimate of drug-likeness (QED) is 0.159. The molecule has 0 amide bonds. The van der Waals surface area contributed by atoms with E-state index in [1.807, 2.05) is 0 Å². The Hall–Kier alpha value is -6.90. The monoisotopic (exact) mass is 718 g/mol. The van der Waals surface area contributed by atoms with Crippen LogP contribution in [0.4, 0.5) is 11.4 Å². The Balaban J connectivity index is 1.06. The Morgan fingerprint density at radius 2 is 1.20 bits per heavy atom. The molecule has 0 atom stereocenters. The van der Waals surface area contributed by atoms with Crippen molar-refractivity contribution in [2.75, 3.05) is 4.90 Å². The van der Waals surface area contributed by atoms with Gasteiger partial charge in [-0.15, -0.1) is 0 Å². The molecule has 10 rings (SSSR count). The predicted molar refractivity (Wildman–Crippen MR) is 238 cm³/mol. The molecule has 1 aliphatic rings. The summed E-state index contributed by atoms with van der Waals surface area (Å²) in [4.78, 5) is 2.28. The highest BCUT2D eigenvalue weighted by Crippen LogP contribution is 2.53. The van der Waals surface area contributed by atoms with Crippen molar-refractivity contribution in [1.82, 2.24) is 4.57 Å². The van der Waals surface area contributed by atoms with Crippen LogP contribution >= 0.6 is 0 Å². The van der Waals surface area contributed by atoms with E-state index < -0.39 is 0 Å². The zero-order valence-electron chi connectivity index (χ0n) is 32.0. The van der Waals surface area contributed by atoms with Crippen LogP contribution in [-0.2, 0) is 5.41 Å². The number of hydrogen-bond acceptors (Lipinski definition) is 1. The van der Waals surface area contributed by atoms with Gasteiger partial charge < -0.3 is 9.47 Å². The number of fused-ring (bicyclic) bond motifs is 6. The first-order chi connectivity index (χ1) is 27.4. The summed E-state index contributed by atoms with van der Waals surface area (Å²) in [5, 5.41) is 2.53. The molecular weight excluding hydrogens is 677 g/mol. The first kappa shape index (κ1) is 33.7. The predicted octanol–water partition coefficient (Wildman–Crippen LogP) is 14.5. The molecule has 2 heteroatoms. The van der Waals surface area contributed by atoms with Gasteiger partial charge in [0.2, 0.25) is 0 Å². The van der Waals surface area contributed by atoms with E-state index in [0.717, 1.165) is 22.6 Å². The number of aryl methyl sites for hydroxylation is 1. The van der Waals surface area contributed by atoms with Crippen LogP contribution in [0.1, 0.15) is 36.1 Å². The lowest BCUT2D eigenvalue weighted by atomic mass is 9.81. The van der Waals surface area contributed by atoms with Crippen molar-refractivity contribution in [1.29, 1.82) is 0 Å². The van der Waals surface area contributed by atoms with E-state index in [4.69, 9.17) is 6.58 Å². The summed E-state index contributed by atoms with van der Waals surface area (Å²) in [6, 6.07) is 68.3. The molecule has 2 nitrogen and oxygen atoms in total. The smallest absolute Gasteiger partial charge is 0.0541 e. The molecule has 0 saturated carbocycles. The highest BCUT2D eigenvalue weighted by atomic mass is 15.1. The van der Waals surface area contributed by atoms with Crippen molar-refractivity contribution in [3.05, 3.63) is 217 Å². The number of aromatic nitrogens is 1. The maximum Gasteiger partial charge on any atom is 0.0541 e. The van der Waals surface area contributed by atoms with Gasteiger partial charge in [0.15, 0.2) is 0 Å². The van der Waals surface area contributed by atoms with E-state index in [-0.39, 0.29) is 5.41 Å². The van der Waals surface area contributed by atoms with Crippen LogP contribution in [0.15, 0.2) is 195 Å². The van der Waals surface area contributed by atoms with E-state index in [0.29, 0.717) is 0 Å². The first-order valence-corrected chi connectivity index (χ1v) is 19.5. The van der Waals surface area contributed by atoms with Gasteiger partial charge in [0.05, 0.1) is 11.0 Å². The van der Waals surface area contributed by atoms with Crippen LogP contribution in [0, 0.1) is 6.92 Å². The summed E-state index contributed by atoms with van der Waals surface area (Å²) >= 11 is 0. The van der Waals surface area contributed by atoms with Crippen molar-refractivity contribution in [2.24, 2.45) is 0 Å². The number of anilines is 2. The second-order valence-corrected chi connectivity index (χ2v) is 15.5. The topological polar surface area (TPSA) is 8.17 Å². The molecule has 1 aromatic heterocycles. The fourth-order valence-corrected chi connectivity index (χ4v) is 9.04. The average Bonchev–Trinajstić information content (AvgIpc) is 3.70. The molecule has 9 aromatic rings. The Kier molecular flexibility index (Phi) is 7.90. The van der Waals surface area contributed by atoms with Crippen LogP contribution in [0.2, 0.25) is 0 Å². The highest BCUT2D eigenvalue weighted by Gasteiger charge is 2.37. The fourth-order valence-electron chi connectivity index (χ4n) is 9.04. The second kappa shape index (κ2) is 13.1. The van der Waals surface area contributed by atoms with Crippen molar-refractivity contribution >= 4 is 38.9 Å². The minimum absolute atomic E-state index is 0.166. The van der Waals surface area contributed by atoms with Crippen molar-refractivity contribution < 1.29 is 0 Å². The minimum Gasteiger partial charge on any atom is -0.310 e. The molecule has 0 saturated heterocycles. The molecule has 0 aliphatic heterocycles. The van der Waals surface area contributed by atoms with E-state index in [2.05, 4.69) is 218 Å². The van der Waals surface area contributed by atoms with Crippen molar-refractivity contribution in [3.63, 3.8) is 0 Å². The van der Waals surface area contributed by atoms with Gasteiger partial charge >= 0.3 is 0 Å². The molecule has 1 aliphatic carbocycles. The van der Waals surface area contributed by atoms with Gasteiger partial charge in [-0.2, -0.15) is 0 Å². The molecule has 0 N–H and O–H groups in total. The minimum atomic E-state index is -0.166. The third kappa shape index (κ3) is 5.33. The van der Waals surface area contributed by atoms with Gasteiger partial charge in [-0.1, -0.05) is 148 Å². The van der Waals surface area contributed by atoms with Gasteiger partial charge in [-0.05, 0) is 123 Å². The molecule has 0 spiro atoms. The Morgan fingerprint density at radius 1 is 0.518 bits per heavy atom. The molecular formula is C54H42N2.